The smallest absolute Gasteiger partial charge is 0.226 e. The summed E-state index contributed by atoms with van der Waals surface area (Å²) in [6.07, 6.45) is 11.2. The Morgan fingerprint density at radius 3 is 2.55 bits per heavy atom. The Bertz CT molecular complexity index is 753. The Labute approximate surface area is 176 Å². The quantitative estimate of drug-likeness (QED) is 0.594. The van der Waals surface area contributed by atoms with Crippen LogP contribution in [0, 0.1) is 10.8 Å². The molecule has 162 valence electrons. The van der Waals surface area contributed by atoms with Crippen LogP contribution in [0.4, 0.5) is 0 Å². The van der Waals surface area contributed by atoms with Gasteiger partial charge in [-0.05, 0) is 69.4 Å². The van der Waals surface area contributed by atoms with Crippen molar-refractivity contribution in [3.63, 3.8) is 0 Å². The van der Waals surface area contributed by atoms with Gasteiger partial charge >= 0.3 is 0 Å². The van der Waals surface area contributed by atoms with Gasteiger partial charge in [-0.2, -0.15) is 5.10 Å². The highest BCUT2D eigenvalue weighted by Gasteiger charge is 2.52. The Kier molecular flexibility index (Phi) is 6.28. The van der Waals surface area contributed by atoms with E-state index in [0.29, 0.717) is 5.41 Å². The first-order valence-corrected chi connectivity index (χ1v) is 11.4. The second-order valence-corrected chi connectivity index (χ2v) is 10.5. The molecular weight excluding hydrogens is 360 g/mol. The van der Waals surface area contributed by atoms with Gasteiger partial charge in [-0.1, -0.05) is 40.7 Å². The lowest BCUT2D eigenvalue weighted by Gasteiger charge is -2.34. The lowest BCUT2D eigenvalue weighted by Crippen LogP contribution is -2.42. The molecule has 1 aliphatic carbocycles. The first-order valence-electron chi connectivity index (χ1n) is 11.4. The number of aromatic amines is 1. The minimum absolute atomic E-state index is 0.0522. The molecule has 2 unspecified atom stereocenters. The van der Waals surface area contributed by atoms with Crippen LogP contribution in [0.3, 0.4) is 0 Å². The van der Waals surface area contributed by atoms with Gasteiger partial charge in [0.1, 0.15) is 0 Å². The summed E-state index contributed by atoms with van der Waals surface area (Å²) >= 11 is 0. The van der Waals surface area contributed by atoms with Crippen molar-refractivity contribution < 1.29 is 4.79 Å². The van der Waals surface area contributed by atoms with Gasteiger partial charge < -0.3 is 10.6 Å². The molecule has 5 nitrogen and oxygen atoms in total. The number of aromatic nitrogens is 2. The molecule has 2 heterocycles. The van der Waals surface area contributed by atoms with Gasteiger partial charge in [0.2, 0.25) is 5.91 Å². The molecule has 3 N–H and O–H groups in total. The zero-order chi connectivity index (χ0) is 21.3. The summed E-state index contributed by atoms with van der Waals surface area (Å²) in [4.78, 5) is 12.7. The molecule has 1 fully saturated rings. The molecule has 0 saturated carbocycles. The second-order valence-electron chi connectivity index (χ2n) is 10.5. The van der Waals surface area contributed by atoms with Crippen molar-refractivity contribution in [2.75, 3.05) is 6.54 Å². The Morgan fingerprint density at radius 1 is 1.28 bits per heavy atom. The van der Waals surface area contributed by atoms with Crippen molar-refractivity contribution in [2.45, 2.75) is 98.1 Å². The first-order chi connectivity index (χ1) is 13.6. The zero-order valence-corrected chi connectivity index (χ0v) is 19.2. The maximum Gasteiger partial charge on any atom is 0.226 e. The minimum Gasteiger partial charge on any atom is -0.350 e. The fourth-order valence-corrected chi connectivity index (χ4v) is 5.02. The fourth-order valence-electron chi connectivity index (χ4n) is 5.02. The van der Waals surface area contributed by atoms with Crippen molar-refractivity contribution in [1.29, 1.82) is 0 Å². The Hall–Kier alpha value is -1.62. The monoisotopic (exact) mass is 400 g/mol. The summed E-state index contributed by atoms with van der Waals surface area (Å²) in [6, 6.07) is 0.266. The van der Waals surface area contributed by atoms with Crippen LogP contribution >= 0.6 is 0 Å². The van der Waals surface area contributed by atoms with Gasteiger partial charge in [-0.25, -0.2) is 0 Å². The summed E-state index contributed by atoms with van der Waals surface area (Å²) < 4.78 is 0. The highest BCUT2D eigenvalue weighted by atomic mass is 16.2. The van der Waals surface area contributed by atoms with E-state index in [1.54, 1.807) is 0 Å². The van der Waals surface area contributed by atoms with Crippen LogP contribution in [0.25, 0.3) is 5.57 Å². The number of hydrogen-bond donors (Lipinski definition) is 3. The normalized spacial score (nSPS) is 25.2. The van der Waals surface area contributed by atoms with Gasteiger partial charge in [0.05, 0.1) is 17.3 Å². The Balaban J connectivity index is 1.68. The summed E-state index contributed by atoms with van der Waals surface area (Å²) in [5.41, 5.74) is 3.86. The fraction of sp³-hybridized carbons (Fsp3) is 0.750. The average molecular weight is 401 g/mol. The van der Waals surface area contributed by atoms with Gasteiger partial charge in [-0.3, -0.25) is 9.89 Å². The van der Waals surface area contributed by atoms with Crippen LogP contribution in [0.5, 0.6) is 0 Å². The van der Waals surface area contributed by atoms with Crippen molar-refractivity contribution in [3.8, 4) is 0 Å². The van der Waals surface area contributed by atoms with Gasteiger partial charge in [-0.15, -0.1) is 0 Å². The molecule has 3 rings (SSSR count). The number of nitrogens with one attached hydrogen (secondary N) is 3. The van der Waals surface area contributed by atoms with Gasteiger partial charge in [0.15, 0.2) is 0 Å². The molecule has 1 aromatic rings. The first kappa shape index (κ1) is 22.1. The van der Waals surface area contributed by atoms with E-state index in [2.05, 4.69) is 68.4 Å². The summed E-state index contributed by atoms with van der Waals surface area (Å²) in [5.74, 6) is 0.262. The number of carbonyl (C=O) groups is 1. The molecule has 1 aromatic heterocycles. The molecule has 5 heteroatoms. The van der Waals surface area contributed by atoms with Crippen LogP contribution in [-0.2, 0) is 4.79 Å². The van der Waals surface area contributed by atoms with E-state index in [4.69, 9.17) is 0 Å². The van der Waals surface area contributed by atoms with Gasteiger partial charge in [0.25, 0.3) is 0 Å². The maximum atomic E-state index is 12.7. The Morgan fingerprint density at radius 2 is 2.00 bits per heavy atom. The van der Waals surface area contributed by atoms with E-state index in [1.165, 1.54) is 11.1 Å². The topological polar surface area (TPSA) is 69.8 Å². The van der Waals surface area contributed by atoms with E-state index in [9.17, 15) is 4.79 Å². The summed E-state index contributed by atoms with van der Waals surface area (Å²) in [5, 5.41) is 14.6. The third-order valence-electron chi connectivity index (χ3n) is 7.28. The van der Waals surface area contributed by atoms with Crippen LogP contribution in [0.1, 0.15) is 104 Å². The number of amides is 1. The van der Waals surface area contributed by atoms with Crippen molar-refractivity contribution in [3.05, 3.63) is 23.5 Å². The van der Waals surface area contributed by atoms with E-state index < -0.39 is 0 Å². The lowest BCUT2D eigenvalue weighted by atomic mass is 9.71. The minimum atomic E-state index is -0.171. The predicted molar refractivity (Wildman–Crippen MR) is 119 cm³/mol. The summed E-state index contributed by atoms with van der Waals surface area (Å²) in [7, 11) is 0. The standard InChI is InChI=1S/C24H40N4O/c1-7-23(8-2)16-24(27-21(23)29)11-9-18(10-12-24)20-19(15-26-28-20)17(3)25-14-13-22(4,5)6/h9,15,17,25H,7-8,10-14,16H2,1-6H3,(H,26,28)(H,27,29). The summed E-state index contributed by atoms with van der Waals surface area (Å²) in [6.45, 7) is 14.3. The van der Waals surface area contributed by atoms with E-state index in [1.807, 2.05) is 6.20 Å². The second kappa shape index (κ2) is 8.25. The van der Waals surface area contributed by atoms with Crippen molar-refractivity contribution >= 4 is 11.5 Å². The molecule has 1 aliphatic heterocycles. The molecule has 0 aromatic carbocycles. The molecule has 0 radical (unpaired) electrons. The number of H-pyrrole nitrogens is 1. The van der Waals surface area contributed by atoms with Crippen LogP contribution in [-0.4, -0.2) is 28.2 Å². The number of allylic oxidation sites excluding steroid dienone is 1. The molecule has 1 spiro atoms. The van der Waals surface area contributed by atoms with Gasteiger partial charge in [0, 0.05) is 17.1 Å². The third kappa shape index (κ3) is 4.60. The molecular formula is C24H40N4O. The largest absolute Gasteiger partial charge is 0.350 e. The highest BCUT2D eigenvalue weighted by Crippen LogP contribution is 2.48. The van der Waals surface area contributed by atoms with Crippen LogP contribution in [0.15, 0.2) is 12.3 Å². The molecule has 29 heavy (non-hydrogen) atoms. The van der Waals surface area contributed by atoms with E-state index in [0.717, 1.165) is 57.2 Å². The third-order valence-corrected chi connectivity index (χ3v) is 7.28. The molecule has 1 saturated heterocycles. The zero-order valence-electron chi connectivity index (χ0n) is 19.2. The van der Waals surface area contributed by atoms with Crippen molar-refractivity contribution in [2.24, 2.45) is 10.8 Å². The van der Waals surface area contributed by atoms with Crippen LogP contribution in [0.2, 0.25) is 0 Å². The lowest BCUT2D eigenvalue weighted by molar-refractivity contribution is -0.128. The van der Waals surface area contributed by atoms with E-state index >= 15 is 0 Å². The predicted octanol–water partition coefficient (Wildman–Crippen LogP) is 5.13. The molecule has 2 atom stereocenters. The maximum absolute atomic E-state index is 12.7. The highest BCUT2D eigenvalue weighted by molar-refractivity contribution is 5.86. The molecule has 2 aliphatic rings. The van der Waals surface area contributed by atoms with E-state index in [-0.39, 0.29) is 22.9 Å². The SMILES string of the molecule is CCC1(CC)CC2(CC=C(c3[nH]ncc3C(C)NCCC(C)(C)C)CC2)NC1=O. The molecule has 1 amide bonds. The van der Waals surface area contributed by atoms with Crippen molar-refractivity contribution in [1.82, 2.24) is 20.8 Å². The number of rotatable bonds is 7. The number of nitrogens with zero attached hydrogens (tertiary/aromatic N) is 1. The molecule has 0 bridgehead atoms. The number of hydrogen-bond acceptors (Lipinski definition) is 3. The number of carbonyl (C=O) groups excluding carboxylic acids is 1. The van der Waals surface area contributed by atoms with Crippen LogP contribution < -0.4 is 10.6 Å². The average Bonchev–Trinajstić information content (AvgIpc) is 3.25.